The first-order chi connectivity index (χ1) is 26.9. The van der Waals surface area contributed by atoms with Crippen LogP contribution < -0.4 is 0 Å². The number of carbonyl (C=O) groups is 2. The number of ether oxygens (including phenoxy) is 8. The van der Waals surface area contributed by atoms with Crippen LogP contribution in [0.25, 0.3) is 0 Å². The zero-order chi connectivity index (χ0) is 39.4. The van der Waals surface area contributed by atoms with Crippen molar-refractivity contribution in [2.24, 2.45) is 11.8 Å². The van der Waals surface area contributed by atoms with Crippen molar-refractivity contribution in [2.75, 3.05) is 6.61 Å². The van der Waals surface area contributed by atoms with Gasteiger partial charge in [-0.1, -0.05) is 27.0 Å². The molecular formula is C42H62O14. The van der Waals surface area contributed by atoms with E-state index < -0.39 is 91.4 Å². The van der Waals surface area contributed by atoms with Gasteiger partial charge in [-0.25, -0.2) is 0 Å². The molecule has 8 saturated heterocycles. The molecule has 8 aliphatic rings. The number of ketones is 1. The number of hydrogen-bond donors (Lipinski definition) is 4. The van der Waals surface area contributed by atoms with Crippen LogP contribution in [-0.4, -0.2) is 149 Å². The quantitative estimate of drug-likeness (QED) is 0.236. The van der Waals surface area contributed by atoms with Crippen LogP contribution in [0.3, 0.4) is 0 Å². The third kappa shape index (κ3) is 8.32. The SMILES string of the molecule is C=C1C[C@@H]2CCC(=O)C[C@H]3O[C@H]4[C@@H](O)[C@H]5OC(CC[C@@H]5O[C@H]4[C@H]3O)CC(=O)O[C@@H]3[C@@H](C)[C@@H]4O[C@H](CCO)[C@H](O)C[C@@H]4O[C@H]3CC3O[C@@H](CCC1O2)C[C@@H](C)C3=C. The molecule has 314 valence electrons. The van der Waals surface area contributed by atoms with Crippen molar-refractivity contribution in [1.82, 2.24) is 0 Å². The van der Waals surface area contributed by atoms with E-state index in [2.05, 4.69) is 20.1 Å². The number of aliphatic hydroxyl groups is 4. The monoisotopic (exact) mass is 790 g/mol. The molecule has 0 aromatic heterocycles. The number of esters is 1. The topological polar surface area (TPSA) is 189 Å². The molecule has 0 radical (unpaired) electrons. The normalized spacial score (nSPS) is 50.5. The van der Waals surface area contributed by atoms with E-state index in [1.807, 2.05) is 6.92 Å². The molecule has 8 fully saturated rings. The van der Waals surface area contributed by atoms with E-state index in [0.717, 1.165) is 30.4 Å². The Labute approximate surface area is 329 Å². The summed E-state index contributed by atoms with van der Waals surface area (Å²) in [6.07, 6.45) is -5.21. The van der Waals surface area contributed by atoms with Gasteiger partial charge in [-0.05, 0) is 68.4 Å². The Morgan fingerprint density at radius 2 is 1.34 bits per heavy atom. The van der Waals surface area contributed by atoms with E-state index in [-0.39, 0.29) is 74.3 Å². The van der Waals surface area contributed by atoms with Gasteiger partial charge in [0.1, 0.15) is 42.4 Å². The number of carbonyl (C=O) groups excluding carboxylic acids is 2. The van der Waals surface area contributed by atoms with Crippen molar-refractivity contribution >= 4 is 11.8 Å². The summed E-state index contributed by atoms with van der Waals surface area (Å²) in [5, 5.41) is 43.2. The summed E-state index contributed by atoms with van der Waals surface area (Å²) in [7, 11) is 0. The van der Waals surface area contributed by atoms with Crippen LogP contribution in [0.2, 0.25) is 0 Å². The second-order valence-corrected chi connectivity index (χ2v) is 17.9. The van der Waals surface area contributed by atoms with Gasteiger partial charge >= 0.3 is 5.97 Å². The minimum Gasteiger partial charge on any atom is -0.459 e. The van der Waals surface area contributed by atoms with Gasteiger partial charge in [0, 0.05) is 38.2 Å². The molecule has 8 rings (SSSR count). The van der Waals surface area contributed by atoms with Crippen molar-refractivity contribution in [2.45, 2.75) is 207 Å². The van der Waals surface area contributed by atoms with Crippen molar-refractivity contribution in [3.8, 4) is 0 Å². The summed E-state index contributed by atoms with van der Waals surface area (Å²) in [6, 6.07) is 0. The minimum absolute atomic E-state index is 0.00469. The standard InChI is InChI=1S/C42H62O14/c1-19-13-25-7-9-28-20(2)14-24(49-28)6-5-23(44)15-32-36(47)41-42(55-32)37(48)40-30(54-41)10-8-26(51-40)16-35(46)56-39-22(4)38-33(17-27(45)29(53-38)11-12-43)52-34(39)18-31(50-25)21(19)3/h19,22,24-34,36-43,45,47-48H,2-3,5-18H2,1,4H3/t19-,22+,24+,25+,26?,27-,28?,29-,30+,31?,32-,33+,34+,36+,37+,38+,39-,40+,41+,42+/m1/s1. The number of aliphatic hydroxyl groups excluding tert-OH is 4. The Hall–Kier alpha value is -1.82. The third-order valence-electron chi connectivity index (χ3n) is 14.0. The van der Waals surface area contributed by atoms with Crippen molar-refractivity contribution in [3.63, 3.8) is 0 Å². The molecule has 0 amide bonds. The van der Waals surface area contributed by atoms with Gasteiger partial charge in [-0.15, -0.1) is 0 Å². The van der Waals surface area contributed by atoms with E-state index >= 15 is 0 Å². The fraction of sp³-hybridized carbons (Fsp3) is 0.857. The highest BCUT2D eigenvalue weighted by atomic mass is 16.6. The van der Waals surface area contributed by atoms with Gasteiger partial charge in [0.25, 0.3) is 0 Å². The van der Waals surface area contributed by atoms with Crippen LogP contribution in [-0.2, 0) is 47.5 Å². The Morgan fingerprint density at radius 1 is 0.625 bits per heavy atom. The summed E-state index contributed by atoms with van der Waals surface area (Å²) in [5.74, 6) is -0.665. The molecular weight excluding hydrogens is 728 g/mol. The highest BCUT2D eigenvalue weighted by molar-refractivity contribution is 5.79. The maximum Gasteiger partial charge on any atom is 0.308 e. The Kier molecular flexibility index (Phi) is 12.5. The molecule has 0 aromatic rings. The molecule has 0 saturated carbocycles. The molecule has 14 nitrogen and oxygen atoms in total. The highest BCUT2D eigenvalue weighted by Gasteiger charge is 2.57. The average Bonchev–Trinajstić information content (AvgIpc) is 3.68. The first-order valence-electron chi connectivity index (χ1n) is 21.2. The van der Waals surface area contributed by atoms with E-state index in [1.54, 1.807) is 0 Å². The second kappa shape index (κ2) is 17.0. The summed E-state index contributed by atoms with van der Waals surface area (Å²) in [4.78, 5) is 27.0. The molecule has 8 bridgehead atoms. The molecule has 4 N–H and O–H groups in total. The van der Waals surface area contributed by atoms with Gasteiger partial charge in [0.05, 0.1) is 79.7 Å². The van der Waals surface area contributed by atoms with Crippen LogP contribution in [0.5, 0.6) is 0 Å². The highest BCUT2D eigenvalue weighted by Crippen LogP contribution is 2.44. The number of Topliss-reactive ketones (excluding diaryl/α,β-unsaturated/α-hetero) is 1. The van der Waals surface area contributed by atoms with E-state index in [4.69, 9.17) is 37.9 Å². The van der Waals surface area contributed by atoms with Gasteiger partial charge in [-0.2, -0.15) is 0 Å². The molecule has 0 aromatic carbocycles. The average molecular weight is 791 g/mol. The van der Waals surface area contributed by atoms with Crippen LogP contribution in [0.15, 0.2) is 24.3 Å². The van der Waals surface area contributed by atoms with Gasteiger partial charge in [-0.3, -0.25) is 9.59 Å². The third-order valence-corrected chi connectivity index (χ3v) is 14.0. The predicted octanol–water partition coefficient (Wildman–Crippen LogP) is 2.38. The minimum atomic E-state index is -1.13. The maximum absolute atomic E-state index is 13.9. The number of hydrogen-bond acceptors (Lipinski definition) is 14. The number of fused-ring (bicyclic) bond motifs is 8. The van der Waals surface area contributed by atoms with Gasteiger partial charge in [0.15, 0.2) is 0 Å². The second-order valence-electron chi connectivity index (χ2n) is 17.9. The summed E-state index contributed by atoms with van der Waals surface area (Å²) in [6.45, 7) is 12.7. The zero-order valence-corrected chi connectivity index (χ0v) is 32.7. The molecule has 56 heavy (non-hydrogen) atoms. The smallest absolute Gasteiger partial charge is 0.308 e. The Bertz CT molecular complexity index is 1460. The molecule has 3 unspecified atom stereocenters. The van der Waals surface area contributed by atoms with Crippen LogP contribution in [0.1, 0.15) is 97.3 Å². The van der Waals surface area contributed by atoms with Crippen LogP contribution in [0.4, 0.5) is 0 Å². The maximum atomic E-state index is 13.9. The first kappa shape index (κ1) is 40.9. The van der Waals surface area contributed by atoms with Crippen LogP contribution >= 0.6 is 0 Å². The zero-order valence-electron chi connectivity index (χ0n) is 32.7. The summed E-state index contributed by atoms with van der Waals surface area (Å²) < 4.78 is 51.3. The Balaban J connectivity index is 1.03. The Morgan fingerprint density at radius 3 is 2.14 bits per heavy atom. The first-order valence-corrected chi connectivity index (χ1v) is 21.2. The fourth-order valence-corrected chi connectivity index (χ4v) is 10.8. The van der Waals surface area contributed by atoms with Crippen molar-refractivity contribution in [1.29, 1.82) is 0 Å². The van der Waals surface area contributed by atoms with E-state index in [1.165, 1.54) is 0 Å². The summed E-state index contributed by atoms with van der Waals surface area (Å²) in [5.41, 5.74) is 1.97. The lowest BCUT2D eigenvalue weighted by atomic mass is 9.79. The fourth-order valence-electron chi connectivity index (χ4n) is 10.8. The number of rotatable bonds is 2. The molecule has 0 aliphatic carbocycles. The molecule has 8 aliphatic heterocycles. The van der Waals surface area contributed by atoms with E-state index in [9.17, 15) is 30.0 Å². The van der Waals surface area contributed by atoms with Crippen molar-refractivity contribution in [3.05, 3.63) is 24.3 Å². The molecule has 14 heteroatoms. The van der Waals surface area contributed by atoms with Crippen LogP contribution in [0, 0.1) is 11.8 Å². The molecule has 0 spiro atoms. The largest absolute Gasteiger partial charge is 0.459 e. The lowest BCUT2D eigenvalue weighted by molar-refractivity contribution is -0.275. The van der Waals surface area contributed by atoms with E-state index in [0.29, 0.717) is 38.5 Å². The van der Waals surface area contributed by atoms with Gasteiger partial charge in [0.2, 0.25) is 0 Å². The lowest BCUT2D eigenvalue weighted by Gasteiger charge is -2.51. The predicted molar refractivity (Wildman–Crippen MR) is 197 cm³/mol. The lowest BCUT2D eigenvalue weighted by Crippen LogP contribution is -2.62. The summed E-state index contributed by atoms with van der Waals surface area (Å²) >= 11 is 0. The molecule has 20 atom stereocenters. The van der Waals surface area contributed by atoms with Crippen molar-refractivity contribution < 1.29 is 67.9 Å². The molecule has 8 heterocycles. The van der Waals surface area contributed by atoms with Gasteiger partial charge < -0.3 is 58.3 Å².